The summed E-state index contributed by atoms with van der Waals surface area (Å²) >= 11 is 3.56. The fraction of sp³-hybridized carbons (Fsp3) is 0.417. The lowest BCUT2D eigenvalue weighted by molar-refractivity contribution is -0.119. The van der Waals surface area contributed by atoms with Crippen LogP contribution in [-0.2, 0) is 4.79 Å². The third-order valence-electron chi connectivity index (χ3n) is 2.99. The predicted molar refractivity (Wildman–Crippen MR) is 66.9 cm³/mol. The summed E-state index contributed by atoms with van der Waals surface area (Å²) in [7, 11) is 0. The first-order valence-corrected chi connectivity index (χ1v) is 6.24. The molecule has 0 spiro atoms. The number of hydrogen-bond donors (Lipinski definition) is 1. The Bertz CT molecular complexity index is 394. The Morgan fingerprint density at radius 2 is 2.25 bits per heavy atom. The number of halogens is 1. The zero-order valence-corrected chi connectivity index (χ0v) is 10.6. The van der Waals surface area contributed by atoms with Crippen molar-refractivity contribution in [3.63, 3.8) is 0 Å². The van der Waals surface area contributed by atoms with Crippen molar-refractivity contribution in [2.24, 2.45) is 5.73 Å². The maximum Gasteiger partial charge on any atom is 0.231 e. The van der Waals surface area contributed by atoms with Gasteiger partial charge >= 0.3 is 0 Å². The highest BCUT2D eigenvalue weighted by atomic mass is 79.9. The molecule has 1 aliphatic heterocycles. The lowest BCUT2D eigenvalue weighted by Crippen LogP contribution is -2.33. The number of nitrogens with two attached hydrogens (primary N) is 1. The van der Waals surface area contributed by atoms with Gasteiger partial charge in [-0.2, -0.15) is 0 Å². The molecule has 1 aromatic carbocycles. The lowest BCUT2D eigenvalue weighted by atomic mass is 10.0. The monoisotopic (exact) mass is 282 g/mol. The molecule has 0 bridgehead atoms. The van der Waals surface area contributed by atoms with E-state index in [9.17, 15) is 4.79 Å². The summed E-state index contributed by atoms with van der Waals surface area (Å²) in [5, 5.41) is 0. The molecular formula is C12H15BrN2O. The third kappa shape index (κ3) is 2.44. The number of primary amides is 1. The molecule has 0 aliphatic carbocycles. The van der Waals surface area contributed by atoms with E-state index in [1.807, 2.05) is 18.2 Å². The van der Waals surface area contributed by atoms with Crippen LogP contribution in [-0.4, -0.2) is 23.9 Å². The van der Waals surface area contributed by atoms with E-state index >= 15 is 0 Å². The molecule has 1 unspecified atom stereocenters. The van der Waals surface area contributed by atoms with Gasteiger partial charge in [0.1, 0.15) is 0 Å². The van der Waals surface area contributed by atoms with Gasteiger partial charge in [-0.15, -0.1) is 0 Å². The molecule has 0 aromatic heterocycles. The Balaban J connectivity index is 2.20. The second kappa shape index (κ2) is 4.97. The zero-order chi connectivity index (χ0) is 11.5. The first-order chi connectivity index (χ1) is 7.68. The molecule has 4 heteroatoms. The molecule has 0 radical (unpaired) electrons. The average Bonchev–Trinajstić information content (AvgIpc) is 2.66. The number of carbonyl (C=O) groups is 1. The molecule has 0 saturated carbocycles. The number of carbonyl (C=O) groups excluding carboxylic acids is 1. The molecule has 86 valence electrons. The standard InChI is InChI=1S/C12H15BrN2O/c13-10-5-2-1-4-9(10)11-6-3-7-15(11)8-12(14)16/h1-2,4-5,11H,3,6-8H2,(H2,14,16). The van der Waals surface area contributed by atoms with Gasteiger partial charge in [0.2, 0.25) is 5.91 Å². The first kappa shape index (κ1) is 11.6. The second-order valence-corrected chi connectivity index (χ2v) is 4.97. The van der Waals surface area contributed by atoms with Gasteiger partial charge in [-0.25, -0.2) is 0 Å². The highest BCUT2D eigenvalue weighted by molar-refractivity contribution is 9.10. The molecular weight excluding hydrogens is 268 g/mol. The summed E-state index contributed by atoms with van der Waals surface area (Å²) in [5.74, 6) is -0.251. The van der Waals surface area contributed by atoms with E-state index in [0.717, 1.165) is 23.9 Å². The lowest BCUT2D eigenvalue weighted by Gasteiger charge is -2.24. The van der Waals surface area contributed by atoms with Gasteiger partial charge in [0.05, 0.1) is 6.54 Å². The summed E-state index contributed by atoms with van der Waals surface area (Å²) in [6.07, 6.45) is 2.22. The van der Waals surface area contributed by atoms with Crippen molar-refractivity contribution < 1.29 is 4.79 Å². The highest BCUT2D eigenvalue weighted by Gasteiger charge is 2.27. The van der Waals surface area contributed by atoms with Crippen LogP contribution in [0.3, 0.4) is 0 Å². The van der Waals surface area contributed by atoms with Gasteiger partial charge in [-0.1, -0.05) is 34.1 Å². The highest BCUT2D eigenvalue weighted by Crippen LogP contribution is 2.35. The molecule has 1 heterocycles. The number of hydrogen-bond acceptors (Lipinski definition) is 2. The van der Waals surface area contributed by atoms with E-state index in [-0.39, 0.29) is 5.91 Å². The topological polar surface area (TPSA) is 46.3 Å². The fourth-order valence-electron chi connectivity index (χ4n) is 2.31. The first-order valence-electron chi connectivity index (χ1n) is 5.45. The van der Waals surface area contributed by atoms with E-state index in [1.54, 1.807) is 0 Å². The van der Waals surface area contributed by atoms with Crippen molar-refractivity contribution in [2.45, 2.75) is 18.9 Å². The van der Waals surface area contributed by atoms with Crippen molar-refractivity contribution in [3.05, 3.63) is 34.3 Å². The Morgan fingerprint density at radius 1 is 1.50 bits per heavy atom. The van der Waals surface area contributed by atoms with Crippen molar-refractivity contribution in [1.82, 2.24) is 4.90 Å². The largest absolute Gasteiger partial charge is 0.369 e. The van der Waals surface area contributed by atoms with Crippen molar-refractivity contribution in [2.75, 3.05) is 13.1 Å². The quantitative estimate of drug-likeness (QED) is 0.923. The number of rotatable bonds is 3. The van der Waals surface area contributed by atoms with Gasteiger partial charge in [0.15, 0.2) is 0 Å². The summed E-state index contributed by atoms with van der Waals surface area (Å²) < 4.78 is 1.11. The summed E-state index contributed by atoms with van der Waals surface area (Å²) in [6.45, 7) is 1.31. The maximum absolute atomic E-state index is 11.0. The zero-order valence-electron chi connectivity index (χ0n) is 9.03. The molecule has 1 atom stereocenters. The Morgan fingerprint density at radius 3 is 2.94 bits per heavy atom. The maximum atomic E-state index is 11.0. The minimum absolute atomic E-state index is 0.251. The van der Waals surface area contributed by atoms with Gasteiger partial charge in [-0.3, -0.25) is 9.69 Å². The molecule has 1 aliphatic rings. The molecule has 1 fully saturated rings. The molecule has 16 heavy (non-hydrogen) atoms. The minimum Gasteiger partial charge on any atom is -0.369 e. The number of nitrogens with zero attached hydrogens (tertiary/aromatic N) is 1. The molecule has 2 N–H and O–H groups in total. The Labute approximate surface area is 104 Å². The number of likely N-dealkylation sites (tertiary alicyclic amines) is 1. The number of amides is 1. The van der Waals surface area contributed by atoms with E-state index in [0.29, 0.717) is 12.6 Å². The average molecular weight is 283 g/mol. The molecule has 1 amide bonds. The van der Waals surface area contributed by atoms with Gasteiger partial charge < -0.3 is 5.73 Å². The van der Waals surface area contributed by atoms with Crippen LogP contribution < -0.4 is 5.73 Å². The fourth-order valence-corrected chi connectivity index (χ4v) is 2.86. The van der Waals surface area contributed by atoms with E-state index in [1.165, 1.54) is 5.56 Å². The van der Waals surface area contributed by atoms with Crippen LogP contribution in [0, 0.1) is 0 Å². The van der Waals surface area contributed by atoms with E-state index < -0.39 is 0 Å². The smallest absolute Gasteiger partial charge is 0.231 e. The van der Waals surface area contributed by atoms with Crippen molar-refractivity contribution in [3.8, 4) is 0 Å². The van der Waals surface area contributed by atoms with Crippen LogP contribution in [0.1, 0.15) is 24.4 Å². The summed E-state index contributed by atoms with van der Waals surface area (Å²) in [4.78, 5) is 13.1. The number of benzene rings is 1. The molecule has 1 saturated heterocycles. The normalized spacial score (nSPS) is 21.2. The predicted octanol–water partition coefficient (Wildman–Crippen LogP) is 2.07. The SMILES string of the molecule is NC(=O)CN1CCCC1c1ccccc1Br. The van der Waals surface area contributed by atoms with Crippen LogP contribution in [0.15, 0.2) is 28.7 Å². The van der Waals surface area contributed by atoms with Crippen molar-refractivity contribution in [1.29, 1.82) is 0 Å². The van der Waals surface area contributed by atoms with E-state index in [2.05, 4.69) is 26.9 Å². The Kier molecular flexibility index (Phi) is 3.61. The van der Waals surface area contributed by atoms with Gasteiger partial charge in [0.25, 0.3) is 0 Å². The van der Waals surface area contributed by atoms with Crippen LogP contribution in [0.4, 0.5) is 0 Å². The summed E-state index contributed by atoms with van der Waals surface area (Å²) in [6, 6.07) is 8.49. The van der Waals surface area contributed by atoms with Gasteiger partial charge in [0, 0.05) is 10.5 Å². The van der Waals surface area contributed by atoms with Crippen LogP contribution in [0.5, 0.6) is 0 Å². The molecule has 2 rings (SSSR count). The van der Waals surface area contributed by atoms with Crippen LogP contribution >= 0.6 is 15.9 Å². The van der Waals surface area contributed by atoms with Crippen molar-refractivity contribution >= 4 is 21.8 Å². The van der Waals surface area contributed by atoms with E-state index in [4.69, 9.17) is 5.73 Å². The summed E-state index contributed by atoms with van der Waals surface area (Å²) in [5.41, 5.74) is 6.51. The third-order valence-corrected chi connectivity index (χ3v) is 3.71. The van der Waals surface area contributed by atoms with Crippen LogP contribution in [0.2, 0.25) is 0 Å². The second-order valence-electron chi connectivity index (χ2n) is 4.12. The van der Waals surface area contributed by atoms with Crippen LogP contribution in [0.25, 0.3) is 0 Å². The molecule has 1 aromatic rings. The minimum atomic E-state index is -0.251. The van der Waals surface area contributed by atoms with Gasteiger partial charge in [-0.05, 0) is 31.0 Å². The molecule has 3 nitrogen and oxygen atoms in total. The Hall–Kier alpha value is -0.870.